The van der Waals surface area contributed by atoms with Crippen LogP contribution >= 0.6 is 11.6 Å². The summed E-state index contributed by atoms with van der Waals surface area (Å²) in [5.74, 6) is -0.00191. The molecular weight excluding hydrogens is 232 g/mol. The molecule has 1 unspecified atom stereocenters. The van der Waals surface area contributed by atoms with Gasteiger partial charge in [-0.15, -0.1) is 11.6 Å². The van der Waals surface area contributed by atoms with E-state index in [-0.39, 0.29) is 12.5 Å². The summed E-state index contributed by atoms with van der Waals surface area (Å²) in [6, 6.07) is -0.614. The van der Waals surface area contributed by atoms with Crippen LogP contribution in [0.15, 0.2) is 0 Å². The van der Waals surface area contributed by atoms with Gasteiger partial charge in [-0.1, -0.05) is 0 Å². The number of hydrogen-bond acceptors (Lipinski definition) is 3. The summed E-state index contributed by atoms with van der Waals surface area (Å²) in [7, 11) is 0. The number of halogens is 1. The molecule has 0 aromatic rings. The quantitative estimate of drug-likeness (QED) is 0.554. The zero-order chi connectivity index (χ0) is 12.0. The van der Waals surface area contributed by atoms with Crippen molar-refractivity contribution in [2.75, 3.05) is 25.6 Å². The van der Waals surface area contributed by atoms with Gasteiger partial charge in [0, 0.05) is 18.8 Å². The van der Waals surface area contributed by atoms with Gasteiger partial charge in [-0.3, -0.25) is 9.59 Å². The summed E-state index contributed by atoms with van der Waals surface area (Å²) in [5, 5.41) is 0. The summed E-state index contributed by atoms with van der Waals surface area (Å²) in [5.41, 5.74) is 5.22. The van der Waals surface area contributed by atoms with Gasteiger partial charge in [0.25, 0.3) is 0 Å². The number of carbonyl (C=O) groups excluding carboxylic acids is 2. The number of morpholine rings is 1. The molecule has 0 radical (unpaired) electrons. The molecule has 1 rings (SSSR count). The lowest BCUT2D eigenvalue weighted by Crippen LogP contribution is -2.54. The molecule has 1 heterocycles. The second-order valence-corrected chi connectivity index (χ2v) is 4.10. The SMILES string of the molecule is NC(=O)C1COCCN1C(=O)CCCCCl. The average Bonchev–Trinajstić information content (AvgIpc) is 2.29. The van der Waals surface area contributed by atoms with Gasteiger partial charge < -0.3 is 15.4 Å². The van der Waals surface area contributed by atoms with Crippen LogP contribution in [-0.4, -0.2) is 48.4 Å². The van der Waals surface area contributed by atoms with Gasteiger partial charge >= 0.3 is 0 Å². The Hall–Kier alpha value is -0.810. The highest BCUT2D eigenvalue weighted by Crippen LogP contribution is 2.10. The molecule has 0 bridgehead atoms. The van der Waals surface area contributed by atoms with Crippen LogP contribution in [0.1, 0.15) is 19.3 Å². The van der Waals surface area contributed by atoms with Crippen molar-refractivity contribution in [2.45, 2.75) is 25.3 Å². The molecule has 92 valence electrons. The van der Waals surface area contributed by atoms with E-state index in [1.807, 2.05) is 0 Å². The first-order chi connectivity index (χ1) is 7.66. The Labute approximate surface area is 99.9 Å². The highest BCUT2D eigenvalue weighted by Gasteiger charge is 2.30. The van der Waals surface area contributed by atoms with Crippen molar-refractivity contribution in [1.82, 2.24) is 4.90 Å². The highest BCUT2D eigenvalue weighted by molar-refractivity contribution is 6.17. The molecule has 1 fully saturated rings. The monoisotopic (exact) mass is 248 g/mol. The summed E-state index contributed by atoms with van der Waals surface area (Å²) in [6.07, 6.45) is 1.96. The van der Waals surface area contributed by atoms with Gasteiger partial charge in [0.1, 0.15) is 6.04 Å². The molecule has 6 heteroatoms. The number of alkyl halides is 1. The third-order valence-corrected chi connectivity index (χ3v) is 2.82. The molecule has 1 atom stereocenters. The fraction of sp³-hybridized carbons (Fsp3) is 0.800. The first kappa shape index (κ1) is 13.3. The van der Waals surface area contributed by atoms with E-state index in [1.54, 1.807) is 0 Å². The Kier molecular flexibility index (Phi) is 5.55. The minimum absolute atomic E-state index is 0.0442. The Morgan fingerprint density at radius 1 is 1.44 bits per heavy atom. The van der Waals surface area contributed by atoms with Crippen LogP contribution in [0.25, 0.3) is 0 Å². The summed E-state index contributed by atoms with van der Waals surface area (Å²) >= 11 is 5.53. The van der Waals surface area contributed by atoms with E-state index < -0.39 is 11.9 Å². The van der Waals surface area contributed by atoms with E-state index in [0.717, 1.165) is 12.8 Å². The van der Waals surface area contributed by atoms with Crippen LogP contribution in [0, 0.1) is 0 Å². The molecule has 0 saturated carbocycles. The third kappa shape index (κ3) is 3.64. The maximum Gasteiger partial charge on any atom is 0.242 e. The van der Waals surface area contributed by atoms with Crippen molar-refractivity contribution in [3.05, 3.63) is 0 Å². The molecule has 5 nitrogen and oxygen atoms in total. The molecule has 16 heavy (non-hydrogen) atoms. The molecule has 2 N–H and O–H groups in total. The maximum atomic E-state index is 11.8. The molecule has 0 aromatic carbocycles. The molecule has 1 saturated heterocycles. The van der Waals surface area contributed by atoms with Gasteiger partial charge in [0.05, 0.1) is 13.2 Å². The number of hydrogen-bond donors (Lipinski definition) is 1. The summed E-state index contributed by atoms with van der Waals surface area (Å²) in [4.78, 5) is 24.4. The number of ether oxygens (including phenoxy) is 1. The van der Waals surface area contributed by atoms with E-state index in [0.29, 0.717) is 25.5 Å². The third-order valence-electron chi connectivity index (χ3n) is 2.55. The van der Waals surface area contributed by atoms with Crippen LogP contribution in [0.3, 0.4) is 0 Å². The lowest BCUT2D eigenvalue weighted by Gasteiger charge is -2.33. The van der Waals surface area contributed by atoms with E-state index in [9.17, 15) is 9.59 Å². The number of primary amides is 1. The van der Waals surface area contributed by atoms with Gasteiger partial charge in [-0.25, -0.2) is 0 Å². The van der Waals surface area contributed by atoms with Crippen LogP contribution in [0.2, 0.25) is 0 Å². The number of nitrogens with two attached hydrogens (primary N) is 1. The molecule has 0 spiro atoms. The molecule has 0 aromatic heterocycles. The molecule has 1 aliphatic heterocycles. The molecular formula is C10H17ClN2O3. The normalized spacial score (nSPS) is 20.8. The van der Waals surface area contributed by atoms with Crippen LogP contribution in [0.4, 0.5) is 0 Å². The van der Waals surface area contributed by atoms with Crippen molar-refractivity contribution in [3.63, 3.8) is 0 Å². The van der Waals surface area contributed by atoms with Crippen molar-refractivity contribution in [2.24, 2.45) is 5.73 Å². The van der Waals surface area contributed by atoms with Gasteiger partial charge in [-0.2, -0.15) is 0 Å². The zero-order valence-electron chi connectivity index (χ0n) is 9.15. The van der Waals surface area contributed by atoms with E-state index in [4.69, 9.17) is 22.1 Å². The molecule has 2 amide bonds. The standard InChI is InChI=1S/C10H17ClN2O3/c11-4-2-1-3-9(14)13-5-6-16-7-8(13)10(12)15/h8H,1-7H2,(H2,12,15). The number of nitrogens with zero attached hydrogens (tertiary/aromatic N) is 1. The zero-order valence-corrected chi connectivity index (χ0v) is 9.91. The van der Waals surface area contributed by atoms with Crippen molar-refractivity contribution >= 4 is 23.4 Å². The van der Waals surface area contributed by atoms with Gasteiger partial charge in [-0.05, 0) is 12.8 Å². The number of carbonyl (C=O) groups is 2. The summed E-state index contributed by atoms with van der Waals surface area (Å²) in [6.45, 7) is 1.11. The summed E-state index contributed by atoms with van der Waals surface area (Å²) < 4.78 is 5.13. The lowest BCUT2D eigenvalue weighted by molar-refractivity contribution is -0.147. The van der Waals surface area contributed by atoms with Crippen LogP contribution < -0.4 is 5.73 Å². The minimum atomic E-state index is -0.614. The second kappa shape index (κ2) is 6.70. The Bertz CT molecular complexity index is 260. The number of unbranched alkanes of at least 4 members (excludes halogenated alkanes) is 1. The van der Waals surface area contributed by atoms with Crippen LogP contribution in [-0.2, 0) is 14.3 Å². The first-order valence-electron chi connectivity index (χ1n) is 5.39. The van der Waals surface area contributed by atoms with Crippen molar-refractivity contribution in [1.29, 1.82) is 0 Å². The largest absolute Gasteiger partial charge is 0.377 e. The van der Waals surface area contributed by atoms with E-state index in [2.05, 4.69) is 0 Å². The first-order valence-corrected chi connectivity index (χ1v) is 5.92. The van der Waals surface area contributed by atoms with E-state index in [1.165, 1.54) is 4.90 Å². The smallest absolute Gasteiger partial charge is 0.242 e. The lowest BCUT2D eigenvalue weighted by atomic mass is 10.1. The van der Waals surface area contributed by atoms with Crippen molar-refractivity contribution < 1.29 is 14.3 Å². The average molecular weight is 249 g/mol. The maximum absolute atomic E-state index is 11.8. The predicted molar refractivity (Wildman–Crippen MR) is 60.1 cm³/mol. The van der Waals surface area contributed by atoms with Crippen molar-refractivity contribution in [3.8, 4) is 0 Å². The van der Waals surface area contributed by atoms with E-state index >= 15 is 0 Å². The second-order valence-electron chi connectivity index (χ2n) is 3.73. The Morgan fingerprint density at radius 3 is 2.81 bits per heavy atom. The Balaban J connectivity index is 2.47. The molecule has 0 aliphatic carbocycles. The number of rotatable bonds is 5. The predicted octanol–water partition coefficient (Wildman–Crippen LogP) is 0.108. The fourth-order valence-electron chi connectivity index (χ4n) is 1.65. The number of amides is 2. The van der Waals surface area contributed by atoms with Crippen LogP contribution in [0.5, 0.6) is 0 Å². The topological polar surface area (TPSA) is 72.6 Å². The fourth-order valence-corrected chi connectivity index (χ4v) is 1.84. The minimum Gasteiger partial charge on any atom is -0.377 e. The highest BCUT2D eigenvalue weighted by atomic mass is 35.5. The Morgan fingerprint density at radius 2 is 2.19 bits per heavy atom. The van der Waals surface area contributed by atoms with Gasteiger partial charge in [0.15, 0.2) is 0 Å². The molecule has 1 aliphatic rings. The van der Waals surface area contributed by atoms with Gasteiger partial charge in [0.2, 0.25) is 11.8 Å².